The van der Waals surface area contributed by atoms with Crippen LogP contribution in [0, 0.1) is 22.5 Å². The summed E-state index contributed by atoms with van der Waals surface area (Å²) in [5.41, 5.74) is 3.03. The van der Waals surface area contributed by atoms with Gasteiger partial charge in [-0.2, -0.15) is 0 Å². The van der Waals surface area contributed by atoms with Crippen molar-refractivity contribution in [2.24, 2.45) is 5.41 Å². The van der Waals surface area contributed by atoms with Crippen molar-refractivity contribution in [2.45, 2.75) is 33.2 Å². The number of nitro groups is 1. The standard InChI is InChI=1S/C15H17N3O2/c1-9-6-13(17-14-8-15(14,2)3)11-7-10(18(19)20)4-5-12(11)16-9/h4-7,14H,8H2,1-3H3,(H,16,17). The maximum Gasteiger partial charge on any atom is 0.270 e. The summed E-state index contributed by atoms with van der Waals surface area (Å²) in [5, 5.41) is 15.2. The fraction of sp³-hybridized carbons (Fsp3) is 0.400. The summed E-state index contributed by atoms with van der Waals surface area (Å²) in [6.45, 7) is 6.36. The number of nitro benzene ring substituents is 1. The van der Waals surface area contributed by atoms with Crippen molar-refractivity contribution in [3.63, 3.8) is 0 Å². The molecule has 1 aromatic heterocycles. The molecule has 0 bridgehead atoms. The molecular weight excluding hydrogens is 254 g/mol. The first-order valence-corrected chi connectivity index (χ1v) is 6.69. The molecule has 0 spiro atoms. The summed E-state index contributed by atoms with van der Waals surface area (Å²) in [6.07, 6.45) is 1.12. The Balaban J connectivity index is 2.08. The highest BCUT2D eigenvalue weighted by atomic mass is 16.6. The fourth-order valence-corrected chi connectivity index (χ4v) is 2.48. The SMILES string of the molecule is Cc1cc(NC2CC2(C)C)c2cc([N+](=O)[O-])ccc2n1. The van der Waals surface area contributed by atoms with Gasteiger partial charge in [0, 0.05) is 34.9 Å². The van der Waals surface area contributed by atoms with Crippen LogP contribution in [0.25, 0.3) is 10.9 Å². The smallest absolute Gasteiger partial charge is 0.270 e. The molecule has 1 unspecified atom stereocenters. The number of benzene rings is 1. The van der Waals surface area contributed by atoms with Gasteiger partial charge in [-0.05, 0) is 30.9 Å². The van der Waals surface area contributed by atoms with Crippen molar-refractivity contribution in [2.75, 3.05) is 5.32 Å². The van der Waals surface area contributed by atoms with Gasteiger partial charge < -0.3 is 5.32 Å². The summed E-state index contributed by atoms with van der Waals surface area (Å²) >= 11 is 0. The predicted octanol–water partition coefficient (Wildman–Crippen LogP) is 3.66. The minimum Gasteiger partial charge on any atom is -0.381 e. The van der Waals surface area contributed by atoms with E-state index in [0.717, 1.165) is 28.7 Å². The van der Waals surface area contributed by atoms with E-state index in [1.165, 1.54) is 6.07 Å². The maximum atomic E-state index is 10.9. The number of nitrogens with zero attached hydrogens (tertiary/aromatic N) is 2. The third-order valence-electron chi connectivity index (χ3n) is 3.97. The first-order chi connectivity index (χ1) is 9.37. The minimum atomic E-state index is -0.371. The van der Waals surface area contributed by atoms with Crippen LogP contribution < -0.4 is 5.32 Å². The van der Waals surface area contributed by atoms with Gasteiger partial charge in [0.05, 0.1) is 10.4 Å². The Hall–Kier alpha value is -2.17. The Kier molecular flexibility index (Phi) is 2.67. The summed E-state index contributed by atoms with van der Waals surface area (Å²) in [6, 6.07) is 7.19. The Labute approximate surface area is 117 Å². The molecule has 20 heavy (non-hydrogen) atoms. The first kappa shape index (κ1) is 12.8. The molecule has 1 saturated carbocycles. The molecule has 1 aliphatic rings. The van der Waals surface area contributed by atoms with E-state index in [9.17, 15) is 10.1 Å². The molecule has 5 heteroatoms. The Bertz CT molecular complexity index is 710. The van der Waals surface area contributed by atoms with Crippen LogP contribution in [0.2, 0.25) is 0 Å². The van der Waals surface area contributed by atoms with Gasteiger partial charge >= 0.3 is 0 Å². The molecule has 3 rings (SSSR count). The normalized spacial score (nSPS) is 19.9. The molecule has 0 aliphatic heterocycles. The molecule has 1 aromatic carbocycles. The molecule has 1 N–H and O–H groups in total. The lowest BCUT2D eigenvalue weighted by molar-refractivity contribution is -0.384. The first-order valence-electron chi connectivity index (χ1n) is 6.69. The van der Waals surface area contributed by atoms with Gasteiger partial charge in [0.1, 0.15) is 0 Å². The number of aromatic nitrogens is 1. The maximum absolute atomic E-state index is 10.9. The largest absolute Gasteiger partial charge is 0.381 e. The van der Waals surface area contributed by atoms with Gasteiger partial charge in [-0.15, -0.1) is 0 Å². The zero-order valence-corrected chi connectivity index (χ0v) is 11.8. The second-order valence-corrected chi connectivity index (χ2v) is 6.16. The number of aryl methyl sites for hydroxylation is 1. The number of fused-ring (bicyclic) bond motifs is 1. The van der Waals surface area contributed by atoms with Gasteiger partial charge in [-0.1, -0.05) is 13.8 Å². The fourth-order valence-electron chi connectivity index (χ4n) is 2.48. The van der Waals surface area contributed by atoms with E-state index in [-0.39, 0.29) is 10.6 Å². The lowest BCUT2D eigenvalue weighted by Gasteiger charge is -2.12. The van der Waals surface area contributed by atoms with Gasteiger partial charge in [0.25, 0.3) is 5.69 Å². The Morgan fingerprint density at radius 2 is 2.10 bits per heavy atom. The van der Waals surface area contributed by atoms with Crippen LogP contribution in [0.1, 0.15) is 26.0 Å². The quantitative estimate of drug-likeness (QED) is 0.683. The number of nitrogens with one attached hydrogen (secondary N) is 1. The number of hydrogen-bond donors (Lipinski definition) is 1. The second kappa shape index (κ2) is 4.16. The molecular formula is C15H17N3O2. The van der Waals surface area contributed by atoms with Gasteiger partial charge in [-0.3, -0.25) is 15.1 Å². The summed E-state index contributed by atoms with van der Waals surface area (Å²) < 4.78 is 0. The molecule has 5 nitrogen and oxygen atoms in total. The van der Waals surface area contributed by atoms with Crippen LogP contribution >= 0.6 is 0 Å². The van der Waals surface area contributed by atoms with E-state index in [0.29, 0.717) is 11.5 Å². The van der Waals surface area contributed by atoms with Crippen molar-refractivity contribution in [3.05, 3.63) is 40.1 Å². The number of anilines is 1. The monoisotopic (exact) mass is 271 g/mol. The molecule has 1 aliphatic carbocycles. The molecule has 1 atom stereocenters. The molecule has 0 amide bonds. The average Bonchev–Trinajstić information content (AvgIpc) is 2.95. The molecule has 0 saturated heterocycles. The van der Waals surface area contributed by atoms with E-state index in [2.05, 4.69) is 24.1 Å². The van der Waals surface area contributed by atoms with Crippen LogP contribution in [0.4, 0.5) is 11.4 Å². The van der Waals surface area contributed by atoms with Crippen molar-refractivity contribution in [3.8, 4) is 0 Å². The third kappa shape index (κ3) is 2.19. The van der Waals surface area contributed by atoms with Crippen LogP contribution in [-0.4, -0.2) is 15.9 Å². The number of pyridine rings is 1. The number of non-ortho nitro benzene ring substituents is 1. The number of hydrogen-bond acceptors (Lipinski definition) is 4. The number of rotatable bonds is 3. The van der Waals surface area contributed by atoms with E-state index in [4.69, 9.17) is 0 Å². The average molecular weight is 271 g/mol. The van der Waals surface area contributed by atoms with Crippen LogP contribution in [0.5, 0.6) is 0 Å². The van der Waals surface area contributed by atoms with Crippen molar-refractivity contribution in [1.82, 2.24) is 4.98 Å². The van der Waals surface area contributed by atoms with Gasteiger partial charge in [0.2, 0.25) is 0 Å². The van der Waals surface area contributed by atoms with Crippen molar-refractivity contribution < 1.29 is 4.92 Å². The van der Waals surface area contributed by atoms with Crippen molar-refractivity contribution >= 4 is 22.3 Å². The van der Waals surface area contributed by atoms with Gasteiger partial charge in [0.15, 0.2) is 0 Å². The molecule has 0 radical (unpaired) electrons. The van der Waals surface area contributed by atoms with E-state index < -0.39 is 0 Å². The lowest BCUT2D eigenvalue weighted by Crippen LogP contribution is -2.09. The molecule has 1 fully saturated rings. The zero-order valence-electron chi connectivity index (χ0n) is 11.8. The predicted molar refractivity (Wildman–Crippen MR) is 78.9 cm³/mol. The van der Waals surface area contributed by atoms with Gasteiger partial charge in [-0.25, -0.2) is 0 Å². The van der Waals surface area contributed by atoms with Crippen LogP contribution in [-0.2, 0) is 0 Å². The molecule has 104 valence electrons. The van der Waals surface area contributed by atoms with E-state index >= 15 is 0 Å². The topological polar surface area (TPSA) is 68.1 Å². The van der Waals surface area contributed by atoms with Crippen molar-refractivity contribution in [1.29, 1.82) is 0 Å². The molecule has 1 heterocycles. The summed E-state index contributed by atoms with van der Waals surface area (Å²) in [7, 11) is 0. The Morgan fingerprint density at radius 3 is 2.70 bits per heavy atom. The highest BCUT2D eigenvalue weighted by molar-refractivity contribution is 5.93. The van der Waals surface area contributed by atoms with E-state index in [1.54, 1.807) is 12.1 Å². The summed E-state index contributed by atoms with van der Waals surface area (Å²) in [5.74, 6) is 0. The molecule has 2 aromatic rings. The Morgan fingerprint density at radius 1 is 1.40 bits per heavy atom. The third-order valence-corrected chi connectivity index (χ3v) is 3.97. The van der Waals surface area contributed by atoms with Crippen LogP contribution in [0.15, 0.2) is 24.3 Å². The second-order valence-electron chi connectivity index (χ2n) is 6.16. The minimum absolute atomic E-state index is 0.0984. The van der Waals surface area contributed by atoms with E-state index in [1.807, 2.05) is 13.0 Å². The zero-order chi connectivity index (χ0) is 14.5. The van der Waals surface area contributed by atoms with Crippen LogP contribution in [0.3, 0.4) is 0 Å². The lowest BCUT2D eigenvalue weighted by atomic mass is 10.1. The highest BCUT2D eigenvalue weighted by Gasteiger charge is 2.45. The summed E-state index contributed by atoms with van der Waals surface area (Å²) in [4.78, 5) is 15.0. The highest BCUT2D eigenvalue weighted by Crippen LogP contribution is 2.47.